The minimum atomic E-state index is -3.27. The Balaban J connectivity index is 3.02. The molecule has 1 rings (SSSR count). The Morgan fingerprint density at radius 3 is 2.23 bits per heavy atom. The molecule has 0 fully saturated rings. The molecule has 0 saturated heterocycles. The van der Waals surface area contributed by atoms with E-state index in [0.717, 1.165) is 12.1 Å². The third kappa shape index (κ3) is 2.70. The predicted octanol–water partition coefficient (Wildman–Crippen LogP) is 1.53. The lowest BCUT2D eigenvalue weighted by Crippen LogP contribution is -2.07. The summed E-state index contributed by atoms with van der Waals surface area (Å²) in [6, 6.07) is 4.78. The van der Waals surface area contributed by atoms with E-state index >= 15 is 0 Å². The lowest BCUT2D eigenvalue weighted by molar-refractivity contribution is 0.596. The molecule has 1 aromatic carbocycles. The molecule has 13 heavy (non-hydrogen) atoms. The van der Waals surface area contributed by atoms with Crippen LogP contribution in [0.25, 0.3) is 0 Å². The van der Waals surface area contributed by atoms with Gasteiger partial charge in [-0.05, 0) is 24.3 Å². The topological polar surface area (TPSA) is 34.1 Å². The lowest BCUT2D eigenvalue weighted by Gasteiger charge is -2.01. The van der Waals surface area contributed by atoms with Crippen LogP contribution in [0, 0.1) is 5.82 Å². The summed E-state index contributed by atoms with van der Waals surface area (Å²) < 4.78 is 35.2. The van der Waals surface area contributed by atoms with E-state index in [1.165, 1.54) is 12.1 Å². The molecule has 0 aliphatic rings. The van der Waals surface area contributed by atoms with Crippen molar-refractivity contribution in [3.63, 3.8) is 0 Å². The summed E-state index contributed by atoms with van der Waals surface area (Å²) in [5.41, 5.74) is 0. The largest absolute Gasteiger partial charge is 0.224 e. The van der Waals surface area contributed by atoms with Crippen LogP contribution in [0.5, 0.6) is 0 Å². The fourth-order valence-corrected chi connectivity index (χ4v) is 2.63. The maximum atomic E-state index is 12.5. The number of sulfone groups is 1. The first-order chi connectivity index (χ1) is 6.06. The van der Waals surface area contributed by atoms with Gasteiger partial charge in [-0.15, -0.1) is 0 Å². The van der Waals surface area contributed by atoms with Crippen molar-refractivity contribution < 1.29 is 12.8 Å². The molecule has 0 atom stereocenters. The Kier molecular flexibility index (Phi) is 3.33. The molecular weight excluding hydrogens is 211 g/mol. The average Bonchev–Trinajstić information content (AvgIpc) is 2.05. The normalized spacial score (nSPS) is 11.5. The minimum Gasteiger partial charge on any atom is -0.224 e. The van der Waals surface area contributed by atoms with Crippen molar-refractivity contribution in [2.75, 3.05) is 11.5 Å². The van der Waals surface area contributed by atoms with Crippen molar-refractivity contribution in [1.82, 2.24) is 0 Å². The molecule has 5 heteroatoms. The summed E-state index contributed by atoms with van der Waals surface area (Å²) in [6.07, 6.45) is 0. The Hall–Kier alpha value is -0.550. The molecule has 0 heterocycles. The first-order valence-electron chi connectivity index (χ1n) is 3.65. The van der Waals surface area contributed by atoms with E-state index in [1.807, 2.05) is 0 Å². The summed E-state index contributed by atoms with van der Waals surface area (Å²) in [5.74, 6) is -0.202. The van der Waals surface area contributed by atoms with Gasteiger partial charge < -0.3 is 0 Å². The molecule has 0 spiro atoms. The Labute approximate surface area is 82.1 Å². The maximum absolute atomic E-state index is 12.5. The van der Waals surface area contributed by atoms with Gasteiger partial charge in [0.2, 0.25) is 0 Å². The van der Waals surface area contributed by atoms with E-state index in [-0.39, 0.29) is 16.4 Å². The van der Waals surface area contributed by atoms with Crippen LogP contribution in [-0.2, 0) is 9.84 Å². The number of thiol groups is 1. The first-order valence-corrected chi connectivity index (χ1v) is 5.94. The van der Waals surface area contributed by atoms with Gasteiger partial charge in [0, 0.05) is 5.75 Å². The van der Waals surface area contributed by atoms with Crippen LogP contribution in [-0.4, -0.2) is 19.9 Å². The van der Waals surface area contributed by atoms with E-state index in [1.54, 1.807) is 0 Å². The van der Waals surface area contributed by atoms with Gasteiger partial charge in [-0.25, -0.2) is 12.8 Å². The summed E-state index contributed by atoms with van der Waals surface area (Å²) in [7, 11) is -3.27. The molecule has 1 aromatic rings. The highest BCUT2D eigenvalue weighted by Crippen LogP contribution is 2.11. The SMILES string of the molecule is O=S(=O)(CCS)c1ccc(F)cc1. The van der Waals surface area contributed by atoms with Crippen molar-refractivity contribution in [3.05, 3.63) is 30.1 Å². The number of rotatable bonds is 3. The second kappa shape index (κ2) is 4.11. The van der Waals surface area contributed by atoms with Gasteiger partial charge in [-0.3, -0.25) is 0 Å². The van der Waals surface area contributed by atoms with Gasteiger partial charge in [0.15, 0.2) is 9.84 Å². The third-order valence-corrected chi connectivity index (χ3v) is 3.79. The summed E-state index contributed by atoms with van der Waals surface area (Å²) >= 11 is 3.83. The quantitative estimate of drug-likeness (QED) is 0.619. The summed E-state index contributed by atoms with van der Waals surface area (Å²) in [6.45, 7) is 0. The van der Waals surface area contributed by atoms with Crippen molar-refractivity contribution in [2.24, 2.45) is 0 Å². The second-order valence-corrected chi connectivity index (χ2v) is 5.05. The molecule has 0 aliphatic carbocycles. The molecule has 72 valence electrons. The number of benzene rings is 1. The van der Waals surface area contributed by atoms with Crippen molar-refractivity contribution in [2.45, 2.75) is 4.90 Å². The number of hydrogen-bond acceptors (Lipinski definition) is 3. The fraction of sp³-hybridized carbons (Fsp3) is 0.250. The molecule has 0 N–H and O–H groups in total. The monoisotopic (exact) mass is 220 g/mol. The average molecular weight is 220 g/mol. The van der Waals surface area contributed by atoms with E-state index in [0.29, 0.717) is 0 Å². The highest BCUT2D eigenvalue weighted by atomic mass is 32.2. The molecule has 0 bridgehead atoms. The molecule has 0 unspecified atom stereocenters. The highest BCUT2D eigenvalue weighted by Gasteiger charge is 2.12. The third-order valence-electron chi connectivity index (χ3n) is 1.53. The Morgan fingerprint density at radius 2 is 1.77 bits per heavy atom. The van der Waals surface area contributed by atoms with Crippen molar-refractivity contribution in [3.8, 4) is 0 Å². The highest BCUT2D eigenvalue weighted by molar-refractivity contribution is 7.92. The van der Waals surface area contributed by atoms with Gasteiger partial charge in [-0.2, -0.15) is 12.6 Å². The van der Waals surface area contributed by atoms with Crippen LogP contribution in [0.3, 0.4) is 0 Å². The zero-order valence-corrected chi connectivity index (χ0v) is 8.48. The molecule has 0 aromatic heterocycles. The van der Waals surface area contributed by atoms with Crippen LogP contribution >= 0.6 is 12.6 Å². The van der Waals surface area contributed by atoms with Crippen molar-refractivity contribution in [1.29, 1.82) is 0 Å². The van der Waals surface area contributed by atoms with E-state index in [4.69, 9.17) is 0 Å². The smallest absolute Gasteiger partial charge is 0.179 e. The lowest BCUT2D eigenvalue weighted by atomic mass is 10.4. The molecule has 0 aliphatic heterocycles. The van der Waals surface area contributed by atoms with Gasteiger partial charge in [-0.1, -0.05) is 0 Å². The summed E-state index contributed by atoms with van der Waals surface area (Å²) in [5, 5.41) is 0. The number of halogens is 1. The van der Waals surface area contributed by atoms with E-state index in [2.05, 4.69) is 12.6 Å². The first kappa shape index (κ1) is 10.5. The van der Waals surface area contributed by atoms with Crippen LogP contribution in [0.2, 0.25) is 0 Å². The predicted molar refractivity (Wildman–Crippen MR) is 52.3 cm³/mol. The van der Waals surface area contributed by atoms with Crippen LogP contribution in [0.1, 0.15) is 0 Å². The van der Waals surface area contributed by atoms with Gasteiger partial charge >= 0.3 is 0 Å². The van der Waals surface area contributed by atoms with Crippen LogP contribution in [0.4, 0.5) is 4.39 Å². The minimum absolute atomic E-state index is 0.0260. The van der Waals surface area contributed by atoms with Gasteiger partial charge in [0.05, 0.1) is 10.6 Å². The van der Waals surface area contributed by atoms with E-state index < -0.39 is 15.7 Å². The Bertz CT molecular complexity index is 370. The van der Waals surface area contributed by atoms with Crippen LogP contribution in [0.15, 0.2) is 29.2 Å². The second-order valence-electron chi connectivity index (χ2n) is 2.50. The number of hydrogen-bond donors (Lipinski definition) is 1. The Morgan fingerprint density at radius 1 is 1.23 bits per heavy atom. The van der Waals surface area contributed by atoms with Gasteiger partial charge in [0.1, 0.15) is 5.82 Å². The molecular formula is C8H9FO2S2. The molecule has 0 saturated carbocycles. The van der Waals surface area contributed by atoms with E-state index in [9.17, 15) is 12.8 Å². The van der Waals surface area contributed by atoms with Crippen LogP contribution < -0.4 is 0 Å². The van der Waals surface area contributed by atoms with Gasteiger partial charge in [0.25, 0.3) is 0 Å². The summed E-state index contributed by atoms with van der Waals surface area (Å²) in [4.78, 5) is 0.142. The zero-order valence-electron chi connectivity index (χ0n) is 6.77. The maximum Gasteiger partial charge on any atom is 0.179 e. The molecule has 0 radical (unpaired) electrons. The van der Waals surface area contributed by atoms with Crippen molar-refractivity contribution >= 4 is 22.5 Å². The standard InChI is InChI=1S/C8H9FO2S2/c9-7-1-3-8(4-2-7)13(10,11)6-5-12/h1-4,12H,5-6H2. The fourth-order valence-electron chi connectivity index (χ4n) is 0.880. The molecule has 0 amide bonds. The molecule has 2 nitrogen and oxygen atoms in total. The zero-order chi connectivity index (χ0) is 9.90.